The minimum atomic E-state index is -0.784. The summed E-state index contributed by atoms with van der Waals surface area (Å²) in [4.78, 5) is 36.2. The number of amides is 1. The zero-order valence-corrected chi connectivity index (χ0v) is 16.6. The summed E-state index contributed by atoms with van der Waals surface area (Å²) in [6.45, 7) is -0.944. The second kappa shape index (κ2) is 9.96. The molecule has 0 bridgehead atoms. The van der Waals surface area contributed by atoms with Crippen molar-refractivity contribution >= 4 is 40.9 Å². The molecule has 2 rings (SSSR count). The fourth-order valence-electron chi connectivity index (χ4n) is 2.23. The van der Waals surface area contributed by atoms with Crippen molar-refractivity contribution in [2.75, 3.05) is 27.4 Å². The lowest BCUT2D eigenvalue weighted by Crippen LogP contribution is -2.31. The van der Waals surface area contributed by atoms with E-state index >= 15 is 0 Å². The van der Waals surface area contributed by atoms with Gasteiger partial charge in [-0.05, 0) is 36.4 Å². The summed E-state index contributed by atoms with van der Waals surface area (Å²) >= 11 is 11.7. The number of benzene rings is 2. The van der Waals surface area contributed by atoms with Crippen LogP contribution in [0, 0.1) is 0 Å². The Morgan fingerprint density at radius 3 is 2.36 bits per heavy atom. The lowest BCUT2D eigenvalue weighted by Gasteiger charge is -2.10. The molecule has 28 heavy (non-hydrogen) atoms. The Kier molecular flexibility index (Phi) is 7.66. The Bertz CT molecular complexity index is 900. The number of methoxy groups -OCH3 is 2. The quantitative estimate of drug-likeness (QED) is 0.515. The van der Waals surface area contributed by atoms with Gasteiger partial charge in [0.15, 0.2) is 6.61 Å². The largest absolute Gasteiger partial charge is 0.497 e. The average molecular weight is 426 g/mol. The van der Waals surface area contributed by atoms with Gasteiger partial charge in [0.2, 0.25) is 5.78 Å². The SMILES string of the molecule is COc1ccc(OC)c(C(=O)COC(=O)CNC(=O)c2ccc(Cl)cc2Cl)c1. The van der Waals surface area contributed by atoms with Gasteiger partial charge in [-0.1, -0.05) is 23.2 Å². The van der Waals surface area contributed by atoms with Gasteiger partial charge in [0.25, 0.3) is 5.91 Å². The van der Waals surface area contributed by atoms with Gasteiger partial charge in [0.1, 0.15) is 18.0 Å². The van der Waals surface area contributed by atoms with Crippen molar-refractivity contribution < 1.29 is 28.6 Å². The summed E-state index contributed by atoms with van der Waals surface area (Å²) in [7, 11) is 2.88. The molecule has 1 N–H and O–H groups in total. The lowest BCUT2D eigenvalue weighted by molar-refractivity contribution is -0.141. The maximum Gasteiger partial charge on any atom is 0.325 e. The molecule has 0 radical (unpaired) electrons. The van der Waals surface area contributed by atoms with Crippen LogP contribution in [0.15, 0.2) is 36.4 Å². The molecule has 0 unspecified atom stereocenters. The van der Waals surface area contributed by atoms with E-state index in [4.69, 9.17) is 37.4 Å². The third-order valence-electron chi connectivity index (χ3n) is 3.64. The van der Waals surface area contributed by atoms with Crippen LogP contribution in [-0.4, -0.2) is 45.0 Å². The van der Waals surface area contributed by atoms with Crippen LogP contribution in [0.4, 0.5) is 0 Å². The van der Waals surface area contributed by atoms with Crippen LogP contribution in [0.1, 0.15) is 20.7 Å². The normalized spacial score (nSPS) is 10.1. The van der Waals surface area contributed by atoms with Gasteiger partial charge in [-0.25, -0.2) is 0 Å². The molecular formula is C19H17Cl2NO6. The molecule has 0 aliphatic carbocycles. The number of halogens is 2. The number of nitrogens with one attached hydrogen (secondary N) is 1. The molecule has 1 amide bonds. The van der Waals surface area contributed by atoms with E-state index in [0.29, 0.717) is 16.5 Å². The topological polar surface area (TPSA) is 90.9 Å². The number of carbonyl (C=O) groups excluding carboxylic acids is 3. The fraction of sp³-hybridized carbons (Fsp3) is 0.211. The van der Waals surface area contributed by atoms with E-state index in [1.54, 1.807) is 12.1 Å². The van der Waals surface area contributed by atoms with Gasteiger partial charge in [-0.3, -0.25) is 14.4 Å². The highest BCUT2D eigenvalue weighted by Crippen LogP contribution is 2.24. The van der Waals surface area contributed by atoms with E-state index in [9.17, 15) is 14.4 Å². The molecule has 0 spiro atoms. The number of ether oxygens (including phenoxy) is 3. The van der Waals surface area contributed by atoms with Crippen molar-refractivity contribution in [3.63, 3.8) is 0 Å². The molecule has 0 aliphatic heterocycles. The molecule has 2 aromatic rings. The summed E-state index contributed by atoms with van der Waals surface area (Å²) in [5.41, 5.74) is 0.377. The van der Waals surface area contributed by atoms with E-state index in [-0.39, 0.29) is 16.1 Å². The highest BCUT2D eigenvalue weighted by Gasteiger charge is 2.17. The summed E-state index contributed by atoms with van der Waals surface area (Å²) in [5, 5.41) is 2.90. The monoisotopic (exact) mass is 425 g/mol. The molecule has 148 valence electrons. The number of hydrogen-bond acceptors (Lipinski definition) is 6. The van der Waals surface area contributed by atoms with Crippen molar-refractivity contribution in [1.29, 1.82) is 0 Å². The van der Waals surface area contributed by atoms with E-state index in [0.717, 1.165) is 0 Å². The predicted molar refractivity (Wildman–Crippen MR) is 104 cm³/mol. The molecule has 0 aliphatic rings. The van der Waals surface area contributed by atoms with E-state index in [1.165, 1.54) is 38.5 Å². The first kappa shape index (κ1) is 21.5. The zero-order chi connectivity index (χ0) is 20.7. The fourth-order valence-corrected chi connectivity index (χ4v) is 2.72. The van der Waals surface area contributed by atoms with Crippen molar-refractivity contribution in [3.8, 4) is 11.5 Å². The molecule has 0 heterocycles. The number of rotatable bonds is 8. The minimum Gasteiger partial charge on any atom is -0.497 e. The van der Waals surface area contributed by atoms with Gasteiger partial charge in [-0.2, -0.15) is 0 Å². The summed E-state index contributed by atoms with van der Waals surface area (Å²) in [6.07, 6.45) is 0. The Morgan fingerprint density at radius 1 is 0.964 bits per heavy atom. The molecule has 0 fully saturated rings. The molecule has 0 saturated carbocycles. The van der Waals surface area contributed by atoms with Crippen LogP contribution in [0.3, 0.4) is 0 Å². The van der Waals surface area contributed by atoms with Crippen LogP contribution in [-0.2, 0) is 9.53 Å². The van der Waals surface area contributed by atoms with E-state index in [1.807, 2.05) is 0 Å². The molecule has 0 saturated heterocycles. The van der Waals surface area contributed by atoms with Crippen molar-refractivity contribution in [3.05, 3.63) is 57.6 Å². The van der Waals surface area contributed by atoms with Crippen LogP contribution in [0.2, 0.25) is 10.0 Å². The Balaban J connectivity index is 1.90. The molecule has 2 aromatic carbocycles. The molecule has 0 aromatic heterocycles. The standard InChI is InChI=1S/C19H17Cl2NO6/c1-26-12-4-6-17(27-2)14(8-12)16(23)10-28-18(24)9-22-19(25)13-5-3-11(20)7-15(13)21/h3-8H,9-10H2,1-2H3,(H,22,25). The second-order valence-electron chi connectivity index (χ2n) is 5.46. The number of esters is 1. The second-order valence-corrected chi connectivity index (χ2v) is 6.30. The molecule has 0 atom stereocenters. The van der Waals surface area contributed by atoms with Crippen molar-refractivity contribution in [2.45, 2.75) is 0 Å². The maximum absolute atomic E-state index is 12.3. The highest BCUT2D eigenvalue weighted by atomic mass is 35.5. The molecule has 7 nitrogen and oxygen atoms in total. The number of hydrogen-bond donors (Lipinski definition) is 1. The van der Waals surface area contributed by atoms with Gasteiger partial charge in [0, 0.05) is 5.02 Å². The highest BCUT2D eigenvalue weighted by molar-refractivity contribution is 6.36. The van der Waals surface area contributed by atoms with Gasteiger partial charge in [-0.15, -0.1) is 0 Å². The first-order valence-electron chi connectivity index (χ1n) is 7.99. The van der Waals surface area contributed by atoms with Gasteiger partial charge >= 0.3 is 5.97 Å². The van der Waals surface area contributed by atoms with Crippen LogP contribution >= 0.6 is 23.2 Å². The van der Waals surface area contributed by atoms with Crippen molar-refractivity contribution in [1.82, 2.24) is 5.32 Å². The third-order valence-corrected chi connectivity index (χ3v) is 4.19. The number of ketones is 1. The van der Waals surface area contributed by atoms with Gasteiger partial charge in [0.05, 0.1) is 30.4 Å². The smallest absolute Gasteiger partial charge is 0.325 e. The van der Waals surface area contributed by atoms with Crippen LogP contribution in [0.25, 0.3) is 0 Å². The minimum absolute atomic E-state index is 0.152. The summed E-state index contributed by atoms with van der Waals surface area (Å²) in [6, 6.07) is 9.05. The first-order chi connectivity index (χ1) is 13.3. The first-order valence-corrected chi connectivity index (χ1v) is 8.75. The number of carbonyl (C=O) groups is 3. The zero-order valence-electron chi connectivity index (χ0n) is 15.1. The van der Waals surface area contributed by atoms with Gasteiger partial charge < -0.3 is 19.5 Å². The average Bonchev–Trinajstić information content (AvgIpc) is 2.69. The van der Waals surface area contributed by atoms with E-state index in [2.05, 4.69) is 5.32 Å². The lowest BCUT2D eigenvalue weighted by atomic mass is 10.1. The summed E-state index contributed by atoms with van der Waals surface area (Å²) < 4.78 is 15.1. The van der Waals surface area contributed by atoms with Crippen molar-refractivity contribution in [2.24, 2.45) is 0 Å². The number of Topliss-reactive ketones (excluding diaryl/α,β-unsaturated/α-hetero) is 1. The Labute approximate surface area is 171 Å². The maximum atomic E-state index is 12.3. The third kappa shape index (κ3) is 5.61. The van der Waals surface area contributed by atoms with Crippen LogP contribution < -0.4 is 14.8 Å². The Hall–Kier alpha value is -2.77. The van der Waals surface area contributed by atoms with E-state index < -0.39 is 30.8 Å². The van der Waals surface area contributed by atoms with Crippen LogP contribution in [0.5, 0.6) is 11.5 Å². The summed E-state index contributed by atoms with van der Waals surface area (Å²) in [5.74, 6) is -1.04. The predicted octanol–water partition coefficient (Wildman–Crippen LogP) is 3.17. The Morgan fingerprint density at radius 2 is 1.71 bits per heavy atom. The molecule has 9 heteroatoms. The molecular weight excluding hydrogens is 409 g/mol.